The number of rotatable bonds is 3. The van der Waals surface area contributed by atoms with Crippen molar-refractivity contribution >= 4 is 5.71 Å². The molecule has 1 fully saturated rings. The largest absolute Gasteiger partial charge is 0.286 e. The highest BCUT2D eigenvalue weighted by molar-refractivity contribution is 6.04. The van der Waals surface area contributed by atoms with Crippen molar-refractivity contribution in [2.75, 3.05) is 0 Å². The van der Waals surface area contributed by atoms with Crippen LogP contribution in [0.4, 0.5) is 0 Å². The molecule has 136 valence electrons. The first-order valence-corrected chi connectivity index (χ1v) is 10.0. The molecular weight excluding hydrogens is 304 g/mol. The number of nitrogens with one attached hydrogen (secondary N) is 1. The Morgan fingerprint density at radius 2 is 1.80 bits per heavy atom. The van der Waals surface area contributed by atoms with Crippen LogP contribution in [0, 0.1) is 17.3 Å². The van der Waals surface area contributed by atoms with Crippen molar-refractivity contribution in [2.45, 2.75) is 72.6 Å². The molecule has 1 aromatic rings. The second kappa shape index (κ2) is 7.35. The molecule has 2 unspecified atom stereocenters. The maximum absolute atomic E-state index is 4.69. The van der Waals surface area contributed by atoms with Gasteiger partial charge in [0.25, 0.3) is 0 Å². The quantitative estimate of drug-likeness (QED) is 0.692. The molecule has 2 aliphatic rings. The van der Waals surface area contributed by atoms with E-state index in [1.54, 1.807) is 5.57 Å². The van der Waals surface area contributed by atoms with Gasteiger partial charge in [-0.05, 0) is 59.6 Å². The van der Waals surface area contributed by atoms with Crippen molar-refractivity contribution < 1.29 is 0 Å². The average molecular weight is 339 g/mol. The molecule has 2 nitrogen and oxygen atoms in total. The minimum Gasteiger partial charge on any atom is -0.286 e. The zero-order valence-corrected chi connectivity index (χ0v) is 16.6. The minimum absolute atomic E-state index is 0.472. The molecule has 0 amide bonds. The summed E-state index contributed by atoms with van der Waals surface area (Å²) in [6, 6.07) is 9.05. The van der Waals surface area contributed by atoms with Crippen molar-refractivity contribution in [1.29, 1.82) is 0 Å². The molecule has 25 heavy (non-hydrogen) atoms. The van der Waals surface area contributed by atoms with Crippen LogP contribution in [-0.4, -0.2) is 5.71 Å². The summed E-state index contributed by atoms with van der Waals surface area (Å²) in [7, 11) is 0. The predicted octanol–water partition coefficient (Wildman–Crippen LogP) is 6.24. The molecule has 1 N–H and O–H groups in total. The number of allylic oxidation sites excluding steroid dienone is 1. The Balaban J connectivity index is 1.80. The summed E-state index contributed by atoms with van der Waals surface area (Å²) in [6.45, 7) is 11.7. The highest BCUT2D eigenvalue weighted by Crippen LogP contribution is 2.43. The molecule has 1 aromatic carbocycles. The normalized spacial score (nSPS) is 27.1. The van der Waals surface area contributed by atoms with Crippen LogP contribution in [0.3, 0.4) is 0 Å². The lowest BCUT2D eigenvalue weighted by Gasteiger charge is -2.38. The van der Waals surface area contributed by atoms with Gasteiger partial charge in [0.15, 0.2) is 0 Å². The first kappa shape index (κ1) is 18.2. The van der Waals surface area contributed by atoms with Crippen LogP contribution in [-0.2, 0) is 0 Å². The fourth-order valence-electron chi connectivity index (χ4n) is 4.25. The van der Waals surface area contributed by atoms with Crippen LogP contribution in [0.1, 0.15) is 83.8 Å². The van der Waals surface area contributed by atoms with Gasteiger partial charge < -0.3 is 0 Å². The van der Waals surface area contributed by atoms with Gasteiger partial charge in [0, 0.05) is 12.1 Å². The zero-order chi connectivity index (χ0) is 18.0. The van der Waals surface area contributed by atoms with E-state index in [4.69, 9.17) is 5.10 Å². The lowest BCUT2D eigenvalue weighted by Crippen LogP contribution is -2.31. The van der Waals surface area contributed by atoms with E-state index < -0.39 is 0 Å². The number of fused-ring (bicyclic) bond motifs is 1. The number of hydrogen-bond donors (Lipinski definition) is 1. The van der Waals surface area contributed by atoms with Crippen LogP contribution in [0.2, 0.25) is 0 Å². The van der Waals surface area contributed by atoms with Crippen molar-refractivity contribution in [3.8, 4) is 0 Å². The third-order valence-electron chi connectivity index (χ3n) is 6.71. The molecule has 0 saturated heterocycles. The number of hydrogen-bond acceptors (Lipinski definition) is 2. The third kappa shape index (κ3) is 3.83. The number of hydrazone groups is 1. The number of benzene rings is 1. The summed E-state index contributed by atoms with van der Waals surface area (Å²) in [5.74, 6) is 1.81. The van der Waals surface area contributed by atoms with Gasteiger partial charge in [-0.2, -0.15) is 5.10 Å². The summed E-state index contributed by atoms with van der Waals surface area (Å²) in [4.78, 5) is 0. The van der Waals surface area contributed by atoms with Gasteiger partial charge in [-0.25, -0.2) is 0 Å². The van der Waals surface area contributed by atoms with E-state index in [1.165, 1.54) is 48.9 Å². The van der Waals surface area contributed by atoms with E-state index in [0.29, 0.717) is 17.3 Å². The van der Waals surface area contributed by atoms with E-state index in [1.807, 2.05) is 0 Å². The Hall–Kier alpha value is -1.57. The molecular formula is C23H34N2. The van der Waals surface area contributed by atoms with Gasteiger partial charge >= 0.3 is 0 Å². The summed E-state index contributed by atoms with van der Waals surface area (Å²) in [5.41, 5.74) is 9.13. The zero-order valence-electron chi connectivity index (χ0n) is 16.6. The van der Waals surface area contributed by atoms with Gasteiger partial charge in [-0.3, -0.25) is 5.43 Å². The molecule has 0 aromatic heterocycles. The van der Waals surface area contributed by atoms with Crippen molar-refractivity contribution in [2.24, 2.45) is 22.4 Å². The fourth-order valence-corrected chi connectivity index (χ4v) is 4.25. The molecule has 2 heteroatoms. The average Bonchev–Trinajstić information content (AvgIpc) is 2.58. The first-order chi connectivity index (χ1) is 11.9. The topological polar surface area (TPSA) is 24.4 Å². The Kier molecular flexibility index (Phi) is 5.36. The molecule has 2 atom stereocenters. The Morgan fingerprint density at radius 1 is 1.08 bits per heavy atom. The van der Waals surface area contributed by atoms with Crippen LogP contribution in [0.15, 0.2) is 41.1 Å². The van der Waals surface area contributed by atoms with Crippen molar-refractivity contribution in [1.82, 2.24) is 5.43 Å². The molecule has 0 spiro atoms. The van der Waals surface area contributed by atoms with Gasteiger partial charge in [0.2, 0.25) is 0 Å². The van der Waals surface area contributed by atoms with E-state index in [0.717, 1.165) is 5.92 Å². The number of nitrogens with zero attached hydrogens (tertiary/aromatic N) is 1. The molecule has 0 radical (unpaired) electrons. The van der Waals surface area contributed by atoms with Crippen molar-refractivity contribution in [3.63, 3.8) is 0 Å². The monoisotopic (exact) mass is 338 g/mol. The Bertz CT molecular complexity index is 651. The maximum Gasteiger partial charge on any atom is 0.0751 e. The SMILES string of the molecule is CC(C)c1ccc(C2=NNC=C3CCC(C)(C(C)C)CCCC32)cc1. The Morgan fingerprint density at radius 3 is 2.44 bits per heavy atom. The lowest BCUT2D eigenvalue weighted by atomic mass is 9.67. The van der Waals surface area contributed by atoms with Crippen LogP contribution < -0.4 is 5.43 Å². The predicted molar refractivity (Wildman–Crippen MR) is 108 cm³/mol. The summed E-state index contributed by atoms with van der Waals surface area (Å²) in [6.07, 6.45) is 8.49. The first-order valence-electron chi connectivity index (χ1n) is 10.0. The molecule has 1 heterocycles. The molecule has 3 rings (SSSR count). The summed E-state index contributed by atoms with van der Waals surface area (Å²) >= 11 is 0. The second-order valence-electron chi connectivity index (χ2n) is 8.88. The van der Waals surface area contributed by atoms with Gasteiger partial charge in [0.1, 0.15) is 0 Å². The molecule has 1 saturated carbocycles. The third-order valence-corrected chi connectivity index (χ3v) is 6.71. The van der Waals surface area contributed by atoms with Gasteiger partial charge in [-0.1, -0.05) is 65.3 Å². The van der Waals surface area contributed by atoms with E-state index in [2.05, 4.69) is 70.5 Å². The van der Waals surface area contributed by atoms with E-state index in [-0.39, 0.29) is 0 Å². The highest BCUT2D eigenvalue weighted by Gasteiger charge is 2.33. The highest BCUT2D eigenvalue weighted by atomic mass is 15.3. The standard InChI is InChI=1S/C23H34N2/c1-16(2)18-8-10-19(11-9-18)22-21-7-6-13-23(5,17(3)4)14-12-20(21)15-24-25-22/h8-11,15-17,21,24H,6-7,12-14H2,1-5H3. The fraction of sp³-hybridized carbons (Fsp3) is 0.609. The second-order valence-corrected chi connectivity index (χ2v) is 8.88. The maximum atomic E-state index is 4.69. The summed E-state index contributed by atoms with van der Waals surface area (Å²) in [5, 5.41) is 4.69. The van der Waals surface area contributed by atoms with Crippen LogP contribution in [0.5, 0.6) is 0 Å². The van der Waals surface area contributed by atoms with Crippen LogP contribution >= 0.6 is 0 Å². The van der Waals surface area contributed by atoms with Crippen LogP contribution in [0.25, 0.3) is 0 Å². The van der Waals surface area contributed by atoms with Crippen molar-refractivity contribution in [3.05, 3.63) is 47.2 Å². The minimum atomic E-state index is 0.472. The molecule has 1 aliphatic carbocycles. The lowest BCUT2D eigenvalue weighted by molar-refractivity contribution is 0.166. The van der Waals surface area contributed by atoms with E-state index in [9.17, 15) is 0 Å². The summed E-state index contributed by atoms with van der Waals surface area (Å²) < 4.78 is 0. The Labute approximate surface area is 153 Å². The molecule has 0 bridgehead atoms. The smallest absolute Gasteiger partial charge is 0.0751 e. The van der Waals surface area contributed by atoms with Gasteiger partial charge in [-0.15, -0.1) is 0 Å². The van der Waals surface area contributed by atoms with Gasteiger partial charge in [0.05, 0.1) is 5.71 Å². The van der Waals surface area contributed by atoms with E-state index >= 15 is 0 Å². The molecule has 1 aliphatic heterocycles.